The number of ether oxygens (including phenoxy) is 2. The van der Waals surface area contributed by atoms with Gasteiger partial charge in [0.15, 0.2) is 0 Å². The quantitative estimate of drug-likeness (QED) is 0.0970. The first-order valence-corrected chi connectivity index (χ1v) is 20.6. The van der Waals surface area contributed by atoms with Crippen LogP contribution >= 0.6 is 22.7 Å². The van der Waals surface area contributed by atoms with Crippen LogP contribution in [0.5, 0.6) is 0 Å². The lowest BCUT2D eigenvalue weighted by Gasteiger charge is -2.30. The van der Waals surface area contributed by atoms with Gasteiger partial charge in [-0.05, 0) is 43.2 Å². The molecule has 3 heterocycles. The van der Waals surface area contributed by atoms with Crippen molar-refractivity contribution < 1.29 is 29.0 Å². The van der Waals surface area contributed by atoms with Crippen LogP contribution in [0.15, 0.2) is 77.8 Å². The summed E-state index contributed by atoms with van der Waals surface area (Å²) in [7, 11) is 1.68. The number of carbonyl (C=O) groups excluding carboxylic acids is 3. The van der Waals surface area contributed by atoms with Gasteiger partial charge < -0.3 is 35.4 Å². The summed E-state index contributed by atoms with van der Waals surface area (Å²) in [6.45, 7) is 5.72. The van der Waals surface area contributed by atoms with Crippen LogP contribution in [0, 0.1) is 0 Å². The van der Waals surface area contributed by atoms with E-state index in [1.165, 1.54) is 27.6 Å². The van der Waals surface area contributed by atoms with Crippen LogP contribution in [-0.2, 0) is 40.3 Å². The fourth-order valence-electron chi connectivity index (χ4n) is 6.29. The number of urea groups is 1. The smallest absolute Gasteiger partial charge is 0.407 e. The molecule has 15 heteroatoms. The molecule has 4 N–H and O–H groups in total. The SMILES string of the molecule is CC(CO)c1nc(CN(C)C(=O)N[C@@H](CCN2CCOCC2)C(=O)N[C@H](CC[C@H](Cc2ccccc2)NC(=O)OCc2cncs2)Cc2ccccc2)cs1. The summed E-state index contributed by atoms with van der Waals surface area (Å²) in [5.74, 6) is -0.345. The summed E-state index contributed by atoms with van der Waals surface area (Å²) in [4.78, 5) is 54.1. The number of amides is 4. The Labute approximate surface area is 331 Å². The van der Waals surface area contributed by atoms with Crippen LogP contribution in [0.4, 0.5) is 9.59 Å². The normalized spacial score (nSPS) is 15.3. The fraction of sp³-hybridized carbons (Fsp3) is 0.475. The Morgan fingerprint density at radius 3 is 2.20 bits per heavy atom. The van der Waals surface area contributed by atoms with Crippen LogP contribution in [0.1, 0.15) is 58.8 Å². The molecule has 1 aliphatic heterocycles. The molecule has 1 aliphatic rings. The Kier molecular flexibility index (Phi) is 16.9. The molecular weight excluding hydrogens is 739 g/mol. The summed E-state index contributed by atoms with van der Waals surface area (Å²) in [5, 5.41) is 21.6. The molecule has 1 unspecified atom stereocenters. The zero-order chi connectivity index (χ0) is 38.8. The lowest BCUT2D eigenvalue weighted by atomic mass is 9.95. The van der Waals surface area contributed by atoms with Crippen molar-refractivity contribution in [3.05, 3.63) is 104 Å². The zero-order valence-corrected chi connectivity index (χ0v) is 33.2. The maximum absolute atomic E-state index is 14.2. The third kappa shape index (κ3) is 14.3. The average molecular weight is 792 g/mol. The molecule has 4 amide bonds. The molecule has 1 fully saturated rings. The van der Waals surface area contributed by atoms with Crippen molar-refractivity contribution in [2.75, 3.05) is 46.5 Å². The molecule has 0 aliphatic carbocycles. The van der Waals surface area contributed by atoms with E-state index in [9.17, 15) is 19.5 Å². The molecular formula is C40H53N7O6S2. The Bertz CT molecular complexity index is 1720. The molecule has 2 aromatic heterocycles. The second kappa shape index (κ2) is 22.2. The van der Waals surface area contributed by atoms with E-state index in [2.05, 4.69) is 30.8 Å². The summed E-state index contributed by atoms with van der Waals surface area (Å²) in [5.41, 5.74) is 4.56. The van der Waals surface area contributed by atoms with Crippen molar-refractivity contribution in [2.45, 2.75) is 76.2 Å². The van der Waals surface area contributed by atoms with E-state index in [4.69, 9.17) is 9.47 Å². The van der Waals surface area contributed by atoms with Crippen molar-refractivity contribution in [1.29, 1.82) is 0 Å². The van der Waals surface area contributed by atoms with Gasteiger partial charge in [0, 0.05) is 56.3 Å². The first kappa shape index (κ1) is 41.7. The van der Waals surface area contributed by atoms with Gasteiger partial charge in [0.1, 0.15) is 12.6 Å². The van der Waals surface area contributed by atoms with Crippen molar-refractivity contribution in [2.24, 2.45) is 0 Å². The fourth-order valence-corrected chi connectivity index (χ4v) is 7.66. The third-order valence-electron chi connectivity index (χ3n) is 9.47. The highest BCUT2D eigenvalue weighted by Gasteiger charge is 2.27. The minimum atomic E-state index is -0.795. The number of benzene rings is 2. The van der Waals surface area contributed by atoms with E-state index < -0.39 is 12.1 Å². The second-order valence-corrected chi connectivity index (χ2v) is 15.8. The second-order valence-electron chi connectivity index (χ2n) is 13.9. The maximum atomic E-state index is 14.2. The Morgan fingerprint density at radius 1 is 0.927 bits per heavy atom. The summed E-state index contributed by atoms with van der Waals surface area (Å²) in [6.07, 6.45) is 3.89. The molecule has 4 atom stereocenters. The molecule has 2 aromatic carbocycles. The lowest BCUT2D eigenvalue weighted by molar-refractivity contribution is -0.124. The van der Waals surface area contributed by atoms with E-state index in [1.54, 1.807) is 18.8 Å². The number of aliphatic hydroxyl groups is 1. The van der Waals surface area contributed by atoms with Gasteiger partial charge in [0.05, 0.1) is 47.5 Å². The highest BCUT2D eigenvalue weighted by atomic mass is 32.1. The number of aliphatic hydroxyl groups excluding tert-OH is 1. The number of hydrogen-bond donors (Lipinski definition) is 4. The maximum Gasteiger partial charge on any atom is 0.407 e. The molecule has 0 saturated carbocycles. The Hall–Kier alpha value is -4.41. The number of nitrogens with one attached hydrogen (secondary N) is 3. The number of nitrogens with zero attached hydrogens (tertiary/aromatic N) is 4. The van der Waals surface area contributed by atoms with Crippen LogP contribution in [0.2, 0.25) is 0 Å². The number of rotatable bonds is 20. The minimum Gasteiger partial charge on any atom is -0.444 e. The van der Waals surface area contributed by atoms with Crippen LogP contribution < -0.4 is 16.0 Å². The first-order valence-electron chi connectivity index (χ1n) is 18.8. The number of aromatic nitrogens is 2. The predicted octanol–water partition coefficient (Wildman–Crippen LogP) is 4.97. The number of carbonyl (C=O) groups is 3. The van der Waals surface area contributed by atoms with Crippen LogP contribution in [0.25, 0.3) is 0 Å². The van der Waals surface area contributed by atoms with Crippen LogP contribution in [-0.4, -0.2) is 108 Å². The van der Waals surface area contributed by atoms with E-state index >= 15 is 0 Å². The highest BCUT2D eigenvalue weighted by molar-refractivity contribution is 7.09. The summed E-state index contributed by atoms with van der Waals surface area (Å²) in [6, 6.07) is 18.2. The van der Waals surface area contributed by atoms with Crippen molar-refractivity contribution in [3.8, 4) is 0 Å². The minimum absolute atomic E-state index is 0.000708. The van der Waals surface area contributed by atoms with Gasteiger partial charge >= 0.3 is 12.1 Å². The lowest BCUT2D eigenvalue weighted by Crippen LogP contribution is -2.54. The first-order chi connectivity index (χ1) is 26.7. The number of morpholine rings is 1. The number of thiazole rings is 2. The van der Waals surface area contributed by atoms with Gasteiger partial charge in [-0.2, -0.15) is 0 Å². The molecule has 4 aromatic rings. The highest BCUT2D eigenvalue weighted by Crippen LogP contribution is 2.20. The van der Waals surface area contributed by atoms with E-state index in [0.29, 0.717) is 51.9 Å². The van der Waals surface area contributed by atoms with Gasteiger partial charge in [-0.25, -0.2) is 14.6 Å². The number of hydrogen-bond acceptors (Lipinski definition) is 11. The van der Waals surface area contributed by atoms with Crippen LogP contribution in [0.3, 0.4) is 0 Å². The van der Waals surface area contributed by atoms with Gasteiger partial charge in [-0.15, -0.1) is 22.7 Å². The van der Waals surface area contributed by atoms with Crippen molar-refractivity contribution >= 4 is 40.7 Å². The van der Waals surface area contributed by atoms with Crippen molar-refractivity contribution in [1.82, 2.24) is 35.7 Å². The van der Waals surface area contributed by atoms with E-state index in [-0.39, 0.29) is 49.7 Å². The molecule has 0 bridgehead atoms. The van der Waals surface area contributed by atoms with E-state index in [0.717, 1.165) is 39.8 Å². The molecule has 5 rings (SSSR count). The predicted molar refractivity (Wildman–Crippen MR) is 214 cm³/mol. The van der Waals surface area contributed by atoms with Gasteiger partial charge in [-0.3, -0.25) is 14.7 Å². The van der Waals surface area contributed by atoms with Gasteiger partial charge in [0.2, 0.25) is 5.91 Å². The Morgan fingerprint density at radius 2 is 1.58 bits per heavy atom. The number of alkyl carbamates (subject to hydrolysis) is 1. The topological polar surface area (TPSA) is 158 Å². The molecule has 55 heavy (non-hydrogen) atoms. The third-order valence-corrected chi connectivity index (χ3v) is 11.4. The Balaban J connectivity index is 1.28. The molecule has 296 valence electrons. The van der Waals surface area contributed by atoms with Gasteiger partial charge in [-0.1, -0.05) is 67.6 Å². The molecule has 1 saturated heterocycles. The van der Waals surface area contributed by atoms with Gasteiger partial charge in [0.25, 0.3) is 0 Å². The molecule has 13 nitrogen and oxygen atoms in total. The van der Waals surface area contributed by atoms with E-state index in [1.807, 2.05) is 73.0 Å². The zero-order valence-electron chi connectivity index (χ0n) is 31.6. The molecule has 0 radical (unpaired) electrons. The standard InChI is InChI=1S/C40H53N7O6S2/c1-29(25-48)38-43-34(27-54-38)24-46(2)39(50)45-36(15-16-47-17-19-52-20-18-47)37(49)42-32(21-30-9-5-3-6-10-30)13-14-33(22-31-11-7-4-8-12-31)44-40(51)53-26-35-23-41-28-55-35/h3-12,23,27-29,32-33,36,48H,13-22,24-26H2,1-2H3,(H,42,49)(H,44,51)(H,45,50)/t29?,32-,33-,36+/m1/s1. The molecule has 0 spiro atoms. The average Bonchev–Trinajstić information content (AvgIpc) is 3.91. The van der Waals surface area contributed by atoms with Crippen molar-refractivity contribution in [3.63, 3.8) is 0 Å². The monoisotopic (exact) mass is 791 g/mol. The summed E-state index contributed by atoms with van der Waals surface area (Å²) >= 11 is 2.88. The summed E-state index contributed by atoms with van der Waals surface area (Å²) < 4.78 is 11.0. The largest absolute Gasteiger partial charge is 0.444 e.